The number of hydrogen-bond donors (Lipinski definition) is 1. The van der Waals surface area contributed by atoms with E-state index in [2.05, 4.69) is 41.7 Å². The molecule has 0 saturated carbocycles. The van der Waals surface area contributed by atoms with E-state index in [-0.39, 0.29) is 6.04 Å². The van der Waals surface area contributed by atoms with Crippen molar-refractivity contribution in [3.8, 4) is 6.07 Å². The first-order valence-electron chi connectivity index (χ1n) is 6.61. The fourth-order valence-electron chi connectivity index (χ4n) is 2.04. The van der Waals surface area contributed by atoms with E-state index in [9.17, 15) is 0 Å². The zero-order valence-corrected chi connectivity index (χ0v) is 11.1. The van der Waals surface area contributed by atoms with E-state index in [0.29, 0.717) is 0 Å². The van der Waals surface area contributed by atoms with Crippen molar-refractivity contribution in [2.45, 2.75) is 25.8 Å². The Balaban J connectivity index is 2.19. The predicted octanol–water partition coefficient (Wildman–Crippen LogP) is 3.99. The highest BCUT2D eigenvalue weighted by Crippen LogP contribution is 2.20. The van der Waals surface area contributed by atoms with E-state index in [1.54, 1.807) is 0 Å². The van der Waals surface area contributed by atoms with Gasteiger partial charge >= 0.3 is 0 Å². The molecule has 2 rings (SSSR count). The van der Waals surface area contributed by atoms with Crippen molar-refractivity contribution in [2.24, 2.45) is 0 Å². The molecule has 0 aliphatic rings. The Bertz CT molecular complexity index is 555. The second kappa shape index (κ2) is 6.61. The fraction of sp³-hybridized carbons (Fsp3) is 0.235. The lowest BCUT2D eigenvalue weighted by Crippen LogP contribution is -2.16. The van der Waals surface area contributed by atoms with Gasteiger partial charge in [0.25, 0.3) is 0 Å². The van der Waals surface area contributed by atoms with Crippen LogP contribution < -0.4 is 5.32 Å². The van der Waals surface area contributed by atoms with Crippen LogP contribution in [0.25, 0.3) is 0 Å². The summed E-state index contributed by atoms with van der Waals surface area (Å²) < 4.78 is 0. The second-order valence-corrected chi connectivity index (χ2v) is 4.55. The van der Waals surface area contributed by atoms with E-state index in [1.807, 2.05) is 31.2 Å². The minimum atomic E-state index is -0.128. The molecule has 0 saturated heterocycles. The molecular weight excluding hydrogens is 232 g/mol. The average Bonchev–Trinajstić information content (AvgIpc) is 2.47. The Kier molecular flexibility index (Phi) is 4.58. The lowest BCUT2D eigenvalue weighted by Gasteiger charge is -2.15. The lowest BCUT2D eigenvalue weighted by atomic mass is 10.0. The third kappa shape index (κ3) is 3.59. The summed E-state index contributed by atoms with van der Waals surface area (Å²) in [7, 11) is 0. The summed E-state index contributed by atoms with van der Waals surface area (Å²) in [6.45, 7) is 2.01. The monoisotopic (exact) mass is 250 g/mol. The molecule has 0 amide bonds. The molecule has 96 valence electrons. The van der Waals surface area contributed by atoms with Crippen molar-refractivity contribution in [3.63, 3.8) is 0 Å². The zero-order chi connectivity index (χ0) is 13.5. The Morgan fingerprint density at radius 3 is 2.42 bits per heavy atom. The quantitative estimate of drug-likeness (QED) is 0.870. The number of benzene rings is 2. The van der Waals surface area contributed by atoms with E-state index in [4.69, 9.17) is 5.26 Å². The molecule has 2 heteroatoms. The second-order valence-electron chi connectivity index (χ2n) is 4.55. The molecule has 0 fully saturated rings. The molecule has 0 radical (unpaired) electrons. The smallest absolute Gasteiger partial charge is 0.114 e. The zero-order valence-electron chi connectivity index (χ0n) is 11.1. The molecule has 1 unspecified atom stereocenters. The van der Waals surface area contributed by atoms with Crippen LogP contribution in [0.5, 0.6) is 0 Å². The van der Waals surface area contributed by atoms with Crippen molar-refractivity contribution in [1.29, 1.82) is 5.26 Å². The van der Waals surface area contributed by atoms with Gasteiger partial charge in [0.2, 0.25) is 0 Å². The van der Waals surface area contributed by atoms with Crippen molar-refractivity contribution in [1.82, 2.24) is 0 Å². The summed E-state index contributed by atoms with van der Waals surface area (Å²) >= 11 is 0. The average molecular weight is 250 g/mol. The Morgan fingerprint density at radius 2 is 1.74 bits per heavy atom. The van der Waals surface area contributed by atoms with Crippen LogP contribution in [-0.4, -0.2) is 6.04 Å². The van der Waals surface area contributed by atoms with Crippen molar-refractivity contribution in [3.05, 3.63) is 65.7 Å². The van der Waals surface area contributed by atoms with Crippen molar-refractivity contribution < 1.29 is 0 Å². The largest absolute Gasteiger partial charge is 0.370 e. The van der Waals surface area contributed by atoms with Crippen LogP contribution in [0.3, 0.4) is 0 Å². The summed E-state index contributed by atoms with van der Waals surface area (Å²) in [5, 5.41) is 12.4. The summed E-state index contributed by atoms with van der Waals surface area (Å²) in [5.41, 5.74) is 3.56. The summed E-state index contributed by atoms with van der Waals surface area (Å²) in [6, 6.07) is 20.7. The number of para-hydroxylation sites is 1. The van der Waals surface area contributed by atoms with Gasteiger partial charge in [-0.05, 0) is 30.0 Å². The highest BCUT2D eigenvalue weighted by Gasteiger charge is 2.07. The lowest BCUT2D eigenvalue weighted by molar-refractivity contribution is 0.843. The summed E-state index contributed by atoms with van der Waals surface area (Å²) in [5.74, 6) is 0. The third-order valence-corrected chi connectivity index (χ3v) is 3.15. The first-order chi connectivity index (χ1) is 9.33. The molecule has 2 nitrogen and oxygen atoms in total. The summed E-state index contributed by atoms with van der Waals surface area (Å²) in [6.07, 6.45) is 1.68. The molecule has 1 atom stereocenters. The Hall–Kier alpha value is -2.27. The molecule has 0 spiro atoms. The molecule has 0 bridgehead atoms. The maximum atomic E-state index is 9.06. The van der Waals surface area contributed by atoms with Crippen LogP contribution >= 0.6 is 0 Å². The maximum absolute atomic E-state index is 9.06. The maximum Gasteiger partial charge on any atom is 0.114 e. The topological polar surface area (TPSA) is 35.8 Å². The number of nitrogens with one attached hydrogen (secondary N) is 1. The molecule has 0 aliphatic heterocycles. The van der Waals surface area contributed by atoms with E-state index in [0.717, 1.165) is 18.5 Å². The molecule has 0 aliphatic carbocycles. The number of hydrogen-bond acceptors (Lipinski definition) is 2. The minimum Gasteiger partial charge on any atom is -0.370 e. The molecule has 2 aromatic carbocycles. The number of nitrogens with zero attached hydrogens (tertiary/aromatic N) is 1. The molecule has 2 aromatic rings. The van der Waals surface area contributed by atoms with Gasteiger partial charge in [-0.2, -0.15) is 5.26 Å². The molecule has 1 N–H and O–H groups in total. The molecule has 0 heterocycles. The minimum absolute atomic E-state index is 0.128. The highest BCUT2D eigenvalue weighted by atomic mass is 14.9. The number of rotatable bonds is 5. The van der Waals surface area contributed by atoms with Crippen molar-refractivity contribution in [2.75, 3.05) is 5.32 Å². The highest BCUT2D eigenvalue weighted by molar-refractivity contribution is 5.54. The van der Waals surface area contributed by atoms with Gasteiger partial charge in [-0.25, -0.2) is 0 Å². The number of anilines is 1. The number of nitriles is 1. The van der Waals surface area contributed by atoms with Crippen LogP contribution in [0.4, 0.5) is 5.69 Å². The molecule has 19 heavy (non-hydrogen) atoms. The van der Waals surface area contributed by atoms with Gasteiger partial charge in [0, 0.05) is 5.69 Å². The normalized spacial score (nSPS) is 11.6. The van der Waals surface area contributed by atoms with Gasteiger partial charge in [-0.1, -0.05) is 55.5 Å². The first-order valence-corrected chi connectivity index (χ1v) is 6.61. The van der Waals surface area contributed by atoms with Gasteiger partial charge in [0.15, 0.2) is 0 Å². The van der Waals surface area contributed by atoms with Crippen LogP contribution in [0.15, 0.2) is 54.6 Å². The predicted molar refractivity (Wildman–Crippen MR) is 79.0 cm³/mol. The van der Waals surface area contributed by atoms with Gasteiger partial charge in [0.05, 0.1) is 6.07 Å². The first kappa shape index (κ1) is 13.2. The van der Waals surface area contributed by atoms with Crippen LogP contribution in [-0.2, 0) is 6.42 Å². The Morgan fingerprint density at radius 1 is 1.05 bits per heavy atom. The van der Waals surface area contributed by atoms with Gasteiger partial charge in [-0.3, -0.25) is 0 Å². The fourth-order valence-corrected chi connectivity index (χ4v) is 2.04. The standard InChI is InChI=1S/C17H18N2/c1-2-16(13-18)19-17-11-7-6-10-15(17)12-14-8-4-3-5-9-14/h3-11,16,19H,2,12H2,1H3. The van der Waals surface area contributed by atoms with Gasteiger partial charge in [0.1, 0.15) is 6.04 Å². The van der Waals surface area contributed by atoms with Crippen LogP contribution in [0.1, 0.15) is 24.5 Å². The van der Waals surface area contributed by atoms with Gasteiger partial charge in [-0.15, -0.1) is 0 Å². The van der Waals surface area contributed by atoms with E-state index < -0.39 is 0 Å². The Labute approximate surface area is 114 Å². The van der Waals surface area contributed by atoms with E-state index >= 15 is 0 Å². The van der Waals surface area contributed by atoms with E-state index in [1.165, 1.54) is 11.1 Å². The molecule has 0 aromatic heterocycles. The van der Waals surface area contributed by atoms with Crippen molar-refractivity contribution >= 4 is 5.69 Å². The van der Waals surface area contributed by atoms with Crippen LogP contribution in [0, 0.1) is 11.3 Å². The summed E-state index contributed by atoms with van der Waals surface area (Å²) in [4.78, 5) is 0. The van der Waals surface area contributed by atoms with Crippen LogP contribution in [0.2, 0.25) is 0 Å². The molecular formula is C17H18N2. The SMILES string of the molecule is CCC(C#N)Nc1ccccc1Cc1ccccc1. The third-order valence-electron chi connectivity index (χ3n) is 3.15. The van der Waals surface area contributed by atoms with Gasteiger partial charge < -0.3 is 5.32 Å².